The van der Waals surface area contributed by atoms with Crippen LogP contribution in [-0.2, 0) is 28.2 Å². The van der Waals surface area contributed by atoms with E-state index in [9.17, 15) is 29.0 Å². The first-order valence-electron chi connectivity index (χ1n) is 16.6. The number of phosphoric acid groups is 1. The summed E-state index contributed by atoms with van der Waals surface area (Å²) < 4.78 is 27.7. The number of unbranched alkanes of at least 4 members (excludes halogenated alkanes) is 15. The number of hydrogen-bond acceptors (Lipinski definition) is 9. The number of aliphatic hydroxyl groups is 1. The predicted molar refractivity (Wildman–Crippen MR) is 159 cm³/mol. The van der Waals surface area contributed by atoms with Crippen molar-refractivity contribution in [3.05, 3.63) is 0 Å². The minimum atomic E-state index is -5.49. The van der Waals surface area contributed by atoms with E-state index in [-0.39, 0.29) is 77.9 Å². The maximum absolute atomic E-state index is 12.8. The van der Waals surface area contributed by atoms with E-state index in [0.29, 0.717) is 12.8 Å². The zero-order valence-electron chi connectivity index (χ0n) is 28.4. The average molecular weight is 666 g/mol. The number of amides is 1. The summed E-state index contributed by atoms with van der Waals surface area (Å²) in [5.41, 5.74) is 0. The van der Waals surface area contributed by atoms with Crippen LogP contribution in [0, 0.1) is 0 Å². The molecule has 2 N–H and O–H groups in total. The Morgan fingerprint density at radius 2 is 1.27 bits per heavy atom. The molecule has 13 heteroatoms. The molecule has 0 aromatic rings. The van der Waals surface area contributed by atoms with Gasteiger partial charge in [0.25, 0.3) is 0 Å². The Kier molecular flexibility index (Phi) is 31.2. The summed E-state index contributed by atoms with van der Waals surface area (Å²) in [7, 11) is -5.49. The van der Waals surface area contributed by atoms with Crippen LogP contribution in [0.15, 0.2) is 0 Å². The van der Waals surface area contributed by atoms with Gasteiger partial charge in [0.15, 0.2) is 6.29 Å². The number of carbonyl (C=O) groups is 2. The molecule has 44 heavy (non-hydrogen) atoms. The van der Waals surface area contributed by atoms with Crippen molar-refractivity contribution in [2.24, 2.45) is 0 Å². The molecule has 0 saturated carbocycles. The standard InChI is InChI=1S/C31H60NO9P.2Na/c1-4-7-9-11-13-15-16-18-20-22-25(33)24-27(34)32-28-30(39-23-21-19-17-14-12-10-8-5-2)29(35)26(6-3)40-31(28)41-42(36,37)38;;/h26,28-31,35H,4-24H2,1-3H3,(H,32,34)(H2,36,37,38);;/q;2*+1/p-2. The van der Waals surface area contributed by atoms with E-state index < -0.39 is 50.8 Å². The van der Waals surface area contributed by atoms with Gasteiger partial charge in [-0.05, 0) is 19.3 Å². The third-order valence-corrected chi connectivity index (χ3v) is 8.33. The first kappa shape index (κ1) is 47.2. The number of ketones is 1. The quantitative estimate of drug-likeness (QED) is 0.0524. The molecule has 5 unspecified atom stereocenters. The summed E-state index contributed by atoms with van der Waals surface area (Å²) in [5.74, 6) is -0.890. The maximum atomic E-state index is 12.8. The van der Waals surface area contributed by atoms with Gasteiger partial charge in [0, 0.05) is 13.0 Å². The van der Waals surface area contributed by atoms with Crippen LogP contribution < -0.4 is 74.2 Å². The Labute approximate surface area is 311 Å². The van der Waals surface area contributed by atoms with Gasteiger partial charge in [0.2, 0.25) is 5.91 Å². The Balaban J connectivity index is 0. The largest absolute Gasteiger partial charge is 1.00 e. The van der Waals surface area contributed by atoms with E-state index in [1.165, 1.54) is 57.8 Å². The molecule has 1 saturated heterocycles. The monoisotopic (exact) mass is 665 g/mol. The normalized spacial score (nSPS) is 21.7. The average Bonchev–Trinajstić information content (AvgIpc) is 2.93. The summed E-state index contributed by atoms with van der Waals surface area (Å²) in [5, 5.41) is 13.5. The number of Topliss-reactive ketones (excluding diaryl/α,β-unsaturated/α-hetero) is 1. The van der Waals surface area contributed by atoms with Crippen molar-refractivity contribution >= 4 is 19.5 Å². The van der Waals surface area contributed by atoms with Gasteiger partial charge in [0.05, 0.1) is 20.3 Å². The molecule has 1 rings (SSSR count). The number of phosphoric ester groups is 1. The van der Waals surface area contributed by atoms with Crippen LogP contribution in [0.4, 0.5) is 0 Å². The van der Waals surface area contributed by atoms with Crippen molar-refractivity contribution in [2.75, 3.05) is 6.61 Å². The van der Waals surface area contributed by atoms with Crippen LogP contribution in [0.25, 0.3) is 0 Å². The molecule has 0 aliphatic carbocycles. The molecule has 0 radical (unpaired) electrons. The van der Waals surface area contributed by atoms with Crippen LogP contribution in [0.2, 0.25) is 0 Å². The second-order valence-corrected chi connectivity index (χ2v) is 12.8. The van der Waals surface area contributed by atoms with Crippen molar-refractivity contribution in [1.29, 1.82) is 0 Å². The van der Waals surface area contributed by atoms with Gasteiger partial charge in [-0.1, -0.05) is 117 Å². The molecule has 0 spiro atoms. The van der Waals surface area contributed by atoms with E-state index in [4.69, 9.17) is 9.47 Å². The molecule has 1 aliphatic heterocycles. The fraction of sp³-hybridized carbons (Fsp3) is 0.935. The summed E-state index contributed by atoms with van der Waals surface area (Å²) >= 11 is 0. The number of rotatable bonds is 26. The molecule has 1 heterocycles. The van der Waals surface area contributed by atoms with Crippen molar-refractivity contribution in [3.8, 4) is 0 Å². The topological polar surface area (TPSA) is 157 Å². The molecule has 0 bridgehead atoms. The maximum Gasteiger partial charge on any atom is 1.00 e. The minimum Gasteiger partial charge on any atom is -0.790 e. The summed E-state index contributed by atoms with van der Waals surface area (Å²) in [4.78, 5) is 48.2. The van der Waals surface area contributed by atoms with Gasteiger partial charge in [-0.2, -0.15) is 0 Å². The molecule has 1 amide bonds. The third-order valence-electron chi connectivity index (χ3n) is 7.86. The van der Waals surface area contributed by atoms with E-state index >= 15 is 0 Å². The minimum absolute atomic E-state index is 0. The fourth-order valence-corrected chi connectivity index (χ4v) is 5.85. The van der Waals surface area contributed by atoms with E-state index in [2.05, 4.69) is 23.7 Å². The molecule has 5 atom stereocenters. The van der Waals surface area contributed by atoms with Gasteiger partial charge < -0.3 is 38.8 Å². The predicted octanol–water partition coefficient (Wildman–Crippen LogP) is -0.774. The van der Waals surface area contributed by atoms with E-state index in [1.54, 1.807) is 6.92 Å². The molecule has 0 aromatic carbocycles. The number of ether oxygens (including phenoxy) is 2. The smallest absolute Gasteiger partial charge is 0.790 e. The Hall–Kier alpha value is 1.13. The summed E-state index contributed by atoms with van der Waals surface area (Å²) in [6.45, 7) is 6.38. The van der Waals surface area contributed by atoms with Crippen LogP contribution in [0.1, 0.15) is 149 Å². The second kappa shape index (κ2) is 29.1. The molecule has 1 aliphatic rings. The number of aliphatic hydroxyl groups excluding tert-OH is 1. The Morgan fingerprint density at radius 3 is 1.75 bits per heavy atom. The summed E-state index contributed by atoms with van der Waals surface area (Å²) in [6, 6.07) is -1.28. The first-order chi connectivity index (χ1) is 20.1. The Bertz CT molecular complexity index is 774. The van der Waals surface area contributed by atoms with Crippen LogP contribution in [0.5, 0.6) is 0 Å². The zero-order valence-corrected chi connectivity index (χ0v) is 33.3. The van der Waals surface area contributed by atoms with Crippen LogP contribution >= 0.6 is 7.82 Å². The number of nitrogens with one attached hydrogen (secondary N) is 1. The summed E-state index contributed by atoms with van der Waals surface area (Å²) in [6.07, 6.45) is 14.2. The molecular formula is C31H58NNa2O9P. The molecule has 10 nitrogen and oxygen atoms in total. The number of hydrogen-bond donors (Lipinski definition) is 2. The molecular weight excluding hydrogens is 607 g/mol. The van der Waals surface area contributed by atoms with Crippen LogP contribution in [-0.4, -0.2) is 54.0 Å². The zero-order chi connectivity index (χ0) is 31.2. The van der Waals surface area contributed by atoms with Crippen LogP contribution in [0.3, 0.4) is 0 Å². The number of carbonyl (C=O) groups excluding carboxylic acids is 2. The molecule has 248 valence electrons. The SMILES string of the molecule is CCCCCCCCCCCC(=O)CC(=O)NC1C(OP(=O)([O-])[O-])OC(CC)C(O)C1OCCCCCCCCCC.[Na+].[Na+]. The van der Waals surface area contributed by atoms with Gasteiger partial charge in [0.1, 0.15) is 24.0 Å². The van der Waals surface area contributed by atoms with Gasteiger partial charge in [-0.25, -0.2) is 0 Å². The van der Waals surface area contributed by atoms with E-state index in [0.717, 1.165) is 44.9 Å². The fourth-order valence-electron chi connectivity index (χ4n) is 5.42. The van der Waals surface area contributed by atoms with Crippen molar-refractivity contribution in [3.63, 3.8) is 0 Å². The molecule has 0 aromatic heterocycles. The van der Waals surface area contributed by atoms with E-state index in [1.807, 2.05) is 0 Å². The van der Waals surface area contributed by atoms with Crippen molar-refractivity contribution in [2.45, 2.75) is 180 Å². The van der Waals surface area contributed by atoms with Gasteiger partial charge in [-0.3, -0.25) is 9.59 Å². The van der Waals surface area contributed by atoms with Gasteiger partial charge in [-0.15, -0.1) is 0 Å². The van der Waals surface area contributed by atoms with Crippen molar-refractivity contribution in [1.82, 2.24) is 5.32 Å². The third kappa shape index (κ3) is 22.7. The van der Waals surface area contributed by atoms with Crippen molar-refractivity contribution < 1.29 is 102 Å². The second-order valence-electron chi connectivity index (χ2n) is 11.7. The first-order valence-corrected chi connectivity index (χ1v) is 18.1. The molecule has 1 fully saturated rings. The van der Waals surface area contributed by atoms with Gasteiger partial charge >= 0.3 is 59.1 Å². The Morgan fingerprint density at radius 1 is 0.795 bits per heavy atom.